The second-order valence-electron chi connectivity index (χ2n) is 4.46. The third-order valence-corrected chi connectivity index (χ3v) is 3.45. The molecule has 21 heavy (non-hydrogen) atoms. The average molecular weight is 306 g/mol. The summed E-state index contributed by atoms with van der Waals surface area (Å²) in [6.07, 6.45) is 0. The van der Waals surface area contributed by atoms with Gasteiger partial charge < -0.3 is 19.9 Å². The van der Waals surface area contributed by atoms with Gasteiger partial charge >= 0.3 is 5.97 Å². The molecule has 0 saturated carbocycles. The summed E-state index contributed by atoms with van der Waals surface area (Å²) < 4.78 is 15.6. The second kappa shape index (κ2) is 5.54. The summed E-state index contributed by atoms with van der Waals surface area (Å²) in [4.78, 5) is 12.1. The predicted molar refractivity (Wildman–Crippen MR) is 77.5 cm³/mol. The Bertz CT molecular complexity index is 702. The largest absolute Gasteiger partial charge is 0.457 e. The van der Waals surface area contributed by atoms with Crippen LogP contribution in [0.1, 0.15) is 15.9 Å². The second-order valence-corrected chi connectivity index (χ2v) is 4.87. The van der Waals surface area contributed by atoms with Crippen molar-refractivity contribution in [3.05, 3.63) is 52.5 Å². The van der Waals surface area contributed by atoms with Crippen LogP contribution >= 0.6 is 11.6 Å². The highest BCUT2D eigenvalue weighted by Crippen LogP contribution is 2.36. The van der Waals surface area contributed by atoms with E-state index in [1.54, 1.807) is 18.2 Å². The van der Waals surface area contributed by atoms with Crippen molar-refractivity contribution in [1.29, 1.82) is 0 Å². The molecule has 0 saturated heterocycles. The molecular weight excluding hydrogens is 294 g/mol. The van der Waals surface area contributed by atoms with Crippen molar-refractivity contribution < 1.29 is 19.0 Å². The average Bonchev–Trinajstić information content (AvgIpc) is 2.92. The first-order valence-corrected chi connectivity index (χ1v) is 6.62. The zero-order valence-corrected chi connectivity index (χ0v) is 11.7. The molecule has 108 valence electrons. The number of hydrogen-bond donors (Lipinski definition) is 1. The van der Waals surface area contributed by atoms with Crippen LogP contribution in [0.4, 0.5) is 5.69 Å². The molecule has 5 nitrogen and oxygen atoms in total. The normalized spacial score (nSPS) is 12.2. The van der Waals surface area contributed by atoms with E-state index < -0.39 is 5.97 Å². The van der Waals surface area contributed by atoms with Crippen molar-refractivity contribution in [2.24, 2.45) is 0 Å². The fourth-order valence-electron chi connectivity index (χ4n) is 1.97. The van der Waals surface area contributed by atoms with E-state index in [-0.39, 0.29) is 24.7 Å². The number of nitrogen functional groups attached to an aromatic ring is 1. The third-order valence-electron chi connectivity index (χ3n) is 3.08. The van der Waals surface area contributed by atoms with Crippen molar-refractivity contribution in [1.82, 2.24) is 0 Å². The van der Waals surface area contributed by atoms with E-state index in [0.717, 1.165) is 5.56 Å². The van der Waals surface area contributed by atoms with Gasteiger partial charge in [0.2, 0.25) is 6.79 Å². The zero-order valence-electron chi connectivity index (χ0n) is 11.0. The van der Waals surface area contributed by atoms with Crippen LogP contribution in [0, 0.1) is 0 Å². The van der Waals surface area contributed by atoms with Gasteiger partial charge in [0.05, 0.1) is 11.3 Å². The molecule has 0 bridgehead atoms. The summed E-state index contributed by atoms with van der Waals surface area (Å²) in [5.74, 6) is 0.467. The Morgan fingerprint density at radius 2 is 1.95 bits per heavy atom. The Labute approximate surface area is 126 Å². The number of nitrogens with two attached hydrogens (primary N) is 1. The van der Waals surface area contributed by atoms with E-state index >= 15 is 0 Å². The minimum Gasteiger partial charge on any atom is -0.457 e. The molecule has 2 N–H and O–H groups in total. The number of carbonyl (C=O) groups is 1. The van der Waals surface area contributed by atoms with Crippen LogP contribution in [0.15, 0.2) is 36.4 Å². The fourth-order valence-corrected chi connectivity index (χ4v) is 2.16. The number of fused-ring (bicyclic) bond motifs is 1. The Morgan fingerprint density at radius 3 is 2.71 bits per heavy atom. The Balaban J connectivity index is 1.76. The van der Waals surface area contributed by atoms with Gasteiger partial charge in [-0.3, -0.25) is 0 Å². The highest BCUT2D eigenvalue weighted by molar-refractivity contribution is 6.31. The van der Waals surface area contributed by atoms with Crippen molar-refractivity contribution in [2.75, 3.05) is 12.5 Å². The number of carbonyl (C=O) groups excluding carboxylic acids is 1. The van der Waals surface area contributed by atoms with E-state index in [1.165, 1.54) is 6.07 Å². The maximum Gasteiger partial charge on any atom is 0.340 e. The highest BCUT2D eigenvalue weighted by Gasteiger charge is 2.20. The van der Waals surface area contributed by atoms with Gasteiger partial charge in [-0.2, -0.15) is 0 Å². The molecule has 0 atom stereocenters. The molecule has 0 spiro atoms. The predicted octanol–water partition coefficient (Wildman–Crippen LogP) is 3.01. The molecule has 1 heterocycles. The summed E-state index contributed by atoms with van der Waals surface area (Å²) in [6.45, 7) is 0.194. The van der Waals surface area contributed by atoms with E-state index in [9.17, 15) is 4.79 Å². The van der Waals surface area contributed by atoms with Crippen molar-refractivity contribution in [2.45, 2.75) is 6.61 Å². The van der Waals surface area contributed by atoms with Gasteiger partial charge in [0.15, 0.2) is 11.5 Å². The minimum absolute atomic E-state index is 0.0758. The molecule has 0 fully saturated rings. The zero-order chi connectivity index (χ0) is 14.8. The smallest absolute Gasteiger partial charge is 0.340 e. The van der Waals surface area contributed by atoms with Crippen LogP contribution in [0.5, 0.6) is 11.5 Å². The summed E-state index contributed by atoms with van der Waals surface area (Å²) in [6, 6.07) is 10.2. The van der Waals surface area contributed by atoms with Crippen LogP contribution in [-0.4, -0.2) is 12.8 Å². The summed E-state index contributed by atoms with van der Waals surface area (Å²) >= 11 is 6.01. The van der Waals surface area contributed by atoms with E-state index in [1.807, 2.05) is 12.1 Å². The molecule has 2 aromatic carbocycles. The van der Waals surface area contributed by atoms with Gasteiger partial charge in [-0.05, 0) is 6.07 Å². The standard InChI is InChI=1S/C15H12ClNO4/c16-11-4-2-1-3-9(11)7-19-15(18)10-5-13-14(6-12(10)17)21-8-20-13/h1-6H,7-8,17H2. The summed E-state index contributed by atoms with van der Waals surface area (Å²) in [7, 11) is 0. The third kappa shape index (κ3) is 2.73. The number of esters is 1. The molecule has 0 radical (unpaired) electrons. The number of benzene rings is 2. The number of ether oxygens (including phenoxy) is 3. The molecule has 0 amide bonds. The van der Waals surface area contributed by atoms with Crippen molar-refractivity contribution >= 4 is 23.3 Å². The molecule has 0 aromatic heterocycles. The maximum atomic E-state index is 12.1. The van der Waals surface area contributed by atoms with Crippen LogP contribution in [0.2, 0.25) is 5.02 Å². The molecule has 1 aliphatic rings. The van der Waals surface area contributed by atoms with Gasteiger partial charge in [0.1, 0.15) is 6.61 Å². The molecule has 0 unspecified atom stereocenters. The lowest BCUT2D eigenvalue weighted by Gasteiger charge is -2.09. The Morgan fingerprint density at radius 1 is 1.24 bits per heavy atom. The first-order valence-electron chi connectivity index (χ1n) is 6.25. The molecule has 3 rings (SSSR count). The number of hydrogen-bond acceptors (Lipinski definition) is 5. The Hall–Kier alpha value is -2.40. The lowest BCUT2D eigenvalue weighted by Crippen LogP contribution is -2.08. The van der Waals surface area contributed by atoms with Gasteiger partial charge in [-0.1, -0.05) is 29.8 Å². The highest BCUT2D eigenvalue weighted by atomic mass is 35.5. The monoisotopic (exact) mass is 305 g/mol. The Kier molecular flexibility index (Phi) is 3.58. The molecule has 1 aliphatic heterocycles. The lowest BCUT2D eigenvalue weighted by molar-refractivity contribution is 0.0473. The van der Waals surface area contributed by atoms with Gasteiger partial charge in [-0.15, -0.1) is 0 Å². The lowest BCUT2D eigenvalue weighted by atomic mass is 10.1. The topological polar surface area (TPSA) is 70.8 Å². The molecule has 2 aromatic rings. The minimum atomic E-state index is -0.536. The number of anilines is 1. The number of halogens is 1. The first-order chi connectivity index (χ1) is 10.1. The maximum absolute atomic E-state index is 12.1. The molecule has 0 aliphatic carbocycles. The fraction of sp³-hybridized carbons (Fsp3) is 0.133. The van der Waals surface area contributed by atoms with Crippen LogP contribution < -0.4 is 15.2 Å². The summed E-state index contributed by atoms with van der Waals surface area (Å²) in [5.41, 5.74) is 7.08. The van der Waals surface area contributed by atoms with Gasteiger partial charge in [0, 0.05) is 22.7 Å². The van der Waals surface area contributed by atoms with Crippen LogP contribution in [0.25, 0.3) is 0 Å². The first kappa shape index (κ1) is 13.6. The molecular formula is C15H12ClNO4. The van der Waals surface area contributed by atoms with E-state index in [2.05, 4.69) is 0 Å². The van der Waals surface area contributed by atoms with E-state index in [0.29, 0.717) is 16.5 Å². The SMILES string of the molecule is Nc1cc2c(cc1C(=O)OCc1ccccc1Cl)OCO2. The quantitative estimate of drug-likeness (QED) is 0.697. The number of rotatable bonds is 3. The van der Waals surface area contributed by atoms with Gasteiger partial charge in [0.25, 0.3) is 0 Å². The van der Waals surface area contributed by atoms with Crippen molar-refractivity contribution in [3.63, 3.8) is 0 Å². The van der Waals surface area contributed by atoms with E-state index in [4.69, 9.17) is 31.5 Å². The summed E-state index contributed by atoms with van der Waals surface area (Å²) in [5, 5.41) is 0.545. The van der Waals surface area contributed by atoms with Gasteiger partial charge in [-0.25, -0.2) is 4.79 Å². The molecule has 6 heteroatoms. The van der Waals surface area contributed by atoms with Crippen molar-refractivity contribution in [3.8, 4) is 11.5 Å². The van der Waals surface area contributed by atoms with Crippen LogP contribution in [-0.2, 0) is 11.3 Å². The van der Waals surface area contributed by atoms with Crippen LogP contribution in [0.3, 0.4) is 0 Å².